The number of benzene rings is 1. The number of nitrogens with zero attached hydrogens (tertiary/aromatic N) is 4. The Kier molecular flexibility index (Phi) is 5.06. The summed E-state index contributed by atoms with van der Waals surface area (Å²) in [7, 11) is 3.61. The smallest absolute Gasteiger partial charge is 0.319 e. The molecular weight excluding hydrogens is 360 g/mol. The molecule has 1 aromatic carbocycles. The number of carbonyl (C=O) groups is 1. The van der Waals surface area contributed by atoms with Crippen molar-refractivity contribution in [3.8, 4) is 0 Å². The Morgan fingerprint density at radius 1 is 1.11 bits per heavy atom. The van der Waals surface area contributed by atoms with Crippen LogP contribution < -0.4 is 0 Å². The highest BCUT2D eigenvalue weighted by atomic mass is 35.5. The average Bonchev–Trinajstić information content (AvgIpc) is 2.84. The van der Waals surface area contributed by atoms with Gasteiger partial charge in [0.2, 0.25) is 0 Å². The van der Waals surface area contributed by atoms with E-state index in [0.717, 1.165) is 49.7 Å². The van der Waals surface area contributed by atoms with Crippen LogP contribution in [0, 0.1) is 0 Å². The van der Waals surface area contributed by atoms with Crippen molar-refractivity contribution in [1.29, 1.82) is 0 Å². The normalized spacial score (nSPS) is 19.8. The molecule has 0 saturated carbocycles. The van der Waals surface area contributed by atoms with Gasteiger partial charge in [0.15, 0.2) is 0 Å². The Morgan fingerprint density at radius 3 is 2.59 bits per heavy atom. The third kappa shape index (κ3) is 3.54. The van der Waals surface area contributed by atoms with E-state index in [2.05, 4.69) is 23.1 Å². The predicted octanol–water partition coefficient (Wildman–Crippen LogP) is 3.22. The molecule has 4 rings (SSSR count). The van der Waals surface area contributed by atoms with Gasteiger partial charge in [0, 0.05) is 51.5 Å². The average molecular weight is 385 g/mol. The standard InChI is InChI=1S/C21H25ClN4O/c1-24(2)21(27)26-12-10-25(11-13-26)20-18-8-7-17(22)14-16(18)6-5-15-4-3-9-23-19(15)20/h3-4,7-9,14,20H,5-6,10-13H2,1-2H3. The van der Waals surface area contributed by atoms with Crippen LogP contribution in [-0.4, -0.2) is 66.0 Å². The van der Waals surface area contributed by atoms with Crippen molar-refractivity contribution in [1.82, 2.24) is 19.7 Å². The second kappa shape index (κ2) is 7.49. The maximum Gasteiger partial charge on any atom is 0.319 e. The molecule has 0 spiro atoms. The zero-order valence-corrected chi connectivity index (χ0v) is 16.6. The molecule has 6 heteroatoms. The molecule has 1 fully saturated rings. The van der Waals surface area contributed by atoms with E-state index in [0.29, 0.717) is 0 Å². The van der Waals surface area contributed by atoms with E-state index < -0.39 is 0 Å². The van der Waals surface area contributed by atoms with Gasteiger partial charge in [-0.2, -0.15) is 0 Å². The van der Waals surface area contributed by atoms with Gasteiger partial charge in [-0.3, -0.25) is 9.88 Å². The zero-order valence-electron chi connectivity index (χ0n) is 15.9. The highest BCUT2D eigenvalue weighted by Crippen LogP contribution is 2.37. The van der Waals surface area contributed by atoms with Gasteiger partial charge in [-0.1, -0.05) is 23.7 Å². The number of carbonyl (C=O) groups excluding carboxylic acids is 1. The Hall–Kier alpha value is -2.11. The lowest BCUT2D eigenvalue weighted by atomic mass is 9.96. The number of urea groups is 1. The minimum absolute atomic E-state index is 0.0845. The maximum absolute atomic E-state index is 12.3. The minimum atomic E-state index is 0.0845. The largest absolute Gasteiger partial charge is 0.331 e. The fraction of sp³-hybridized carbons (Fsp3) is 0.429. The SMILES string of the molecule is CN(C)C(=O)N1CCN(C2c3ccc(Cl)cc3CCc3cccnc32)CC1. The van der Waals surface area contributed by atoms with Crippen molar-refractivity contribution in [3.63, 3.8) is 0 Å². The van der Waals surface area contributed by atoms with Gasteiger partial charge in [0.1, 0.15) is 0 Å². The van der Waals surface area contributed by atoms with Gasteiger partial charge in [-0.25, -0.2) is 4.79 Å². The first-order valence-corrected chi connectivity index (χ1v) is 9.85. The van der Waals surface area contributed by atoms with Crippen LogP contribution in [0.1, 0.15) is 28.4 Å². The maximum atomic E-state index is 12.3. The molecule has 142 valence electrons. The first-order valence-electron chi connectivity index (χ1n) is 9.47. The Morgan fingerprint density at radius 2 is 1.85 bits per heavy atom. The van der Waals surface area contributed by atoms with Crippen LogP contribution in [0.2, 0.25) is 5.02 Å². The fourth-order valence-corrected chi connectivity index (χ4v) is 4.40. The van der Waals surface area contributed by atoms with Crippen LogP contribution >= 0.6 is 11.6 Å². The molecule has 0 N–H and O–H groups in total. The van der Waals surface area contributed by atoms with Gasteiger partial charge >= 0.3 is 6.03 Å². The molecular formula is C21H25ClN4O. The van der Waals surface area contributed by atoms with Gasteiger partial charge in [-0.05, 0) is 47.7 Å². The molecule has 0 radical (unpaired) electrons. The number of aromatic nitrogens is 1. The van der Waals surface area contributed by atoms with E-state index in [1.165, 1.54) is 16.7 Å². The molecule has 1 saturated heterocycles. The van der Waals surface area contributed by atoms with Crippen LogP contribution in [0.5, 0.6) is 0 Å². The van der Waals surface area contributed by atoms with E-state index >= 15 is 0 Å². The highest BCUT2D eigenvalue weighted by molar-refractivity contribution is 6.30. The Labute approximate surface area is 165 Å². The molecule has 2 amide bonds. The van der Waals surface area contributed by atoms with Crippen molar-refractivity contribution in [2.24, 2.45) is 0 Å². The molecule has 2 aromatic rings. The van der Waals surface area contributed by atoms with E-state index in [-0.39, 0.29) is 12.1 Å². The van der Waals surface area contributed by atoms with Crippen molar-refractivity contribution >= 4 is 17.6 Å². The lowest BCUT2D eigenvalue weighted by Gasteiger charge is -2.40. The minimum Gasteiger partial charge on any atom is -0.331 e. The second-order valence-corrected chi connectivity index (χ2v) is 7.93. The van der Waals surface area contributed by atoms with Crippen molar-refractivity contribution < 1.29 is 4.79 Å². The van der Waals surface area contributed by atoms with Gasteiger partial charge in [0.05, 0.1) is 11.7 Å². The predicted molar refractivity (Wildman–Crippen MR) is 107 cm³/mol. The van der Waals surface area contributed by atoms with Gasteiger partial charge in [0.25, 0.3) is 0 Å². The monoisotopic (exact) mass is 384 g/mol. The van der Waals surface area contributed by atoms with Crippen LogP contribution in [0.3, 0.4) is 0 Å². The topological polar surface area (TPSA) is 39.7 Å². The lowest BCUT2D eigenvalue weighted by molar-refractivity contribution is 0.106. The first-order chi connectivity index (χ1) is 13.0. The molecule has 1 aliphatic carbocycles. The summed E-state index contributed by atoms with van der Waals surface area (Å²) < 4.78 is 0. The second-order valence-electron chi connectivity index (χ2n) is 7.49. The molecule has 5 nitrogen and oxygen atoms in total. The summed E-state index contributed by atoms with van der Waals surface area (Å²) in [6.45, 7) is 3.14. The number of amides is 2. The summed E-state index contributed by atoms with van der Waals surface area (Å²) in [4.78, 5) is 23.1. The summed E-state index contributed by atoms with van der Waals surface area (Å²) >= 11 is 6.28. The molecule has 0 bridgehead atoms. The first kappa shape index (κ1) is 18.3. The van der Waals surface area contributed by atoms with E-state index in [4.69, 9.17) is 16.6 Å². The summed E-state index contributed by atoms with van der Waals surface area (Å²) in [5.74, 6) is 0. The van der Waals surface area contributed by atoms with Gasteiger partial charge < -0.3 is 9.80 Å². The molecule has 2 aliphatic rings. The number of fused-ring (bicyclic) bond motifs is 2. The van der Waals surface area contributed by atoms with Crippen LogP contribution in [0.15, 0.2) is 36.5 Å². The Bertz CT molecular complexity index is 846. The van der Waals surface area contributed by atoms with Crippen molar-refractivity contribution in [2.75, 3.05) is 40.3 Å². The number of piperazine rings is 1. The van der Waals surface area contributed by atoms with Crippen molar-refractivity contribution in [2.45, 2.75) is 18.9 Å². The summed E-state index contributed by atoms with van der Waals surface area (Å²) in [6.07, 6.45) is 3.84. The third-order valence-electron chi connectivity index (χ3n) is 5.58. The molecule has 2 heterocycles. The summed E-state index contributed by atoms with van der Waals surface area (Å²) in [5, 5.41) is 0.785. The van der Waals surface area contributed by atoms with Gasteiger partial charge in [-0.15, -0.1) is 0 Å². The molecule has 1 atom stereocenters. The van der Waals surface area contributed by atoms with E-state index in [1.54, 1.807) is 19.0 Å². The quantitative estimate of drug-likeness (QED) is 0.757. The van der Waals surface area contributed by atoms with Crippen LogP contribution in [0.25, 0.3) is 0 Å². The highest BCUT2D eigenvalue weighted by Gasteiger charge is 2.33. The number of hydrogen-bond donors (Lipinski definition) is 0. The van der Waals surface area contributed by atoms with E-state index in [1.807, 2.05) is 23.2 Å². The van der Waals surface area contributed by atoms with Crippen LogP contribution in [0.4, 0.5) is 4.79 Å². The van der Waals surface area contributed by atoms with E-state index in [9.17, 15) is 4.79 Å². The fourth-order valence-electron chi connectivity index (χ4n) is 4.21. The number of hydrogen-bond acceptors (Lipinski definition) is 3. The molecule has 27 heavy (non-hydrogen) atoms. The number of rotatable bonds is 1. The lowest BCUT2D eigenvalue weighted by Crippen LogP contribution is -2.52. The number of aryl methyl sites for hydroxylation is 2. The molecule has 1 unspecified atom stereocenters. The number of pyridine rings is 1. The van der Waals surface area contributed by atoms with Crippen molar-refractivity contribution in [3.05, 3.63) is 63.9 Å². The summed E-state index contributed by atoms with van der Waals surface area (Å²) in [6, 6.07) is 10.6. The summed E-state index contributed by atoms with van der Waals surface area (Å²) in [5.41, 5.74) is 5.05. The molecule has 1 aromatic heterocycles. The zero-order chi connectivity index (χ0) is 19.0. The Balaban J connectivity index is 1.67. The molecule has 1 aliphatic heterocycles. The third-order valence-corrected chi connectivity index (χ3v) is 5.82. The van der Waals surface area contributed by atoms with Crippen LogP contribution in [-0.2, 0) is 12.8 Å². The number of halogens is 1.